The number of ether oxygens (including phenoxy) is 2. The molecular formula is C28H33N3O4. The van der Waals surface area contributed by atoms with Crippen LogP contribution in [-0.2, 0) is 11.3 Å². The summed E-state index contributed by atoms with van der Waals surface area (Å²) in [5.74, 6) is 0.763. The summed E-state index contributed by atoms with van der Waals surface area (Å²) in [6.45, 7) is 2.21. The quantitative estimate of drug-likeness (QED) is 0.532. The number of amides is 2. The molecule has 1 aliphatic heterocycles. The highest BCUT2D eigenvalue weighted by molar-refractivity contribution is 6.14. The van der Waals surface area contributed by atoms with Crippen molar-refractivity contribution in [3.63, 3.8) is 0 Å². The monoisotopic (exact) mass is 475 g/mol. The van der Waals surface area contributed by atoms with Crippen molar-refractivity contribution in [2.75, 3.05) is 19.1 Å². The van der Waals surface area contributed by atoms with Gasteiger partial charge in [-0.1, -0.05) is 43.9 Å². The van der Waals surface area contributed by atoms with Crippen molar-refractivity contribution in [2.45, 2.75) is 63.6 Å². The van der Waals surface area contributed by atoms with Crippen LogP contribution in [0.25, 0.3) is 10.9 Å². The highest BCUT2D eigenvalue weighted by Gasteiger charge is 2.49. The Morgan fingerprint density at radius 2 is 1.63 bits per heavy atom. The van der Waals surface area contributed by atoms with E-state index in [0.29, 0.717) is 29.4 Å². The van der Waals surface area contributed by atoms with Crippen molar-refractivity contribution in [3.05, 3.63) is 54.2 Å². The highest BCUT2D eigenvalue weighted by Crippen LogP contribution is 2.39. The van der Waals surface area contributed by atoms with E-state index < -0.39 is 5.54 Å². The van der Waals surface area contributed by atoms with E-state index in [1.54, 1.807) is 37.3 Å². The van der Waals surface area contributed by atoms with Gasteiger partial charge in [0, 0.05) is 35.1 Å². The molecule has 0 spiro atoms. The Kier molecular flexibility index (Phi) is 6.17. The fourth-order valence-corrected chi connectivity index (χ4v) is 5.54. The molecule has 2 heterocycles. The first kappa shape index (κ1) is 23.3. The molecule has 35 heavy (non-hydrogen) atoms. The number of hydrogen-bond donors (Lipinski definition) is 1. The van der Waals surface area contributed by atoms with Gasteiger partial charge in [-0.2, -0.15) is 0 Å². The minimum Gasteiger partial charge on any atom is -0.497 e. The topological polar surface area (TPSA) is 72.8 Å². The number of aromatic nitrogens is 1. The number of para-hydroxylation sites is 1. The Bertz CT molecular complexity index is 1240. The molecule has 1 aromatic heterocycles. The zero-order valence-electron chi connectivity index (χ0n) is 20.7. The van der Waals surface area contributed by atoms with Gasteiger partial charge in [-0.25, -0.2) is 0 Å². The number of nitrogens with one attached hydrogen (secondary N) is 1. The van der Waals surface area contributed by atoms with Crippen LogP contribution in [-0.4, -0.2) is 42.2 Å². The van der Waals surface area contributed by atoms with Crippen molar-refractivity contribution in [1.82, 2.24) is 9.88 Å². The molecule has 1 N–H and O–H groups in total. The van der Waals surface area contributed by atoms with Gasteiger partial charge in [0.15, 0.2) is 0 Å². The first-order valence-electron chi connectivity index (χ1n) is 12.4. The first-order chi connectivity index (χ1) is 16.9. The molecule has 0 radical (unpaired) electrons. The number of fused-ring (bicyclic) bond motifs is 3. The van der Waals surface area contributed by atoms with Gasteiger partial charge in [0.1, 0.15) is 22.7 Å². The minimum absolute atomic E-state index is 0.126. The SMILES string of the molecule is COc1cc(OC)cc(N2C(=O)c3cc4ccccc4n3C[C@@]2(C)C(=O)NC2CCCCCC2)c1. The van der Waals surface area contributed by atoms with Gasteiger partial charge in [0.2, 0.25) is 5.91 Å². The van der Waals surface area contributed by atoms with Gasteiger partial charge in [-0.3, -0.25) is 14.5 Å². The third-order valence-corrected chi connectivity index (χ3v) is 7.47. The molecule has 0 unspecified atom stereocenters. The summed E-state index contributed by atoms with van der Waals surface area (Å²) < 4.78 is 12.9. The van der Waals surface area contributed by atoms with E-state index in [4.69, 9.17) is 9.47 Å². The predicted molar refractivity (Wildman–Crippen MR) is 136 cm³/mol. The molecule has 1 fully saturated rings. The van der Waals surface area contributed by atoms with Crippen LogP contribution in [0.5, 0.6) is 11.5 Å². The molecule has 2 amide bonds. The fourth-order valence-electron chi connectivity index (χ4n) is 5.54. The van der Waals surface area contributed by atoms with Gasteiger partial charge in [-0.05, 0) is 31.9 Å². The Morgan fingerprint density at radius 3 is 2.29 bits per heavy atom. The normalized spacial score (nSPS) is 20.9. The van der Waals surface area contributed by atoms with Gasteiger partial charge < -0.3 is 19.4 Å². The summed E-state index contributed by atoms with van der Waals surface area (Å²) in [5, 5.41) is 4.29. The molecule has 7 nitrogen and oxygen atoms in total. The molecule has 1 aliphatic carbocycles. The van der Waals surface area contributed by atoms with Crippen molar-refractivity contribution < 1.29 is 19.1 Å². The predicted octanol–water partition coefficient (Wildman–Crippen LogP) is 4.92. The fraction of sp³-hybridized carbons (Fsp3) is 0.429. The number of hydrogen-bond acceptors (Lipinski definition) is 4. The summed E-state index contributed by atoms with van der Waals surface area (Å²) in [7, 11) is 3.15. The van der Waals surface area contributed by atoms with E-state index in [2.05, 4.69) is 5.32 Å². The summed E-state index contributed by atoms with van der Waals surface area (Å²) in [4.78, 5) is 29.7. The van der Waals surface area contributed by atoms with E-state index in [9.17, 15) is 9.59 Å². The zero-order chi connectivity index (χ0) is 24.6. The summed E-state index contributed by atoms with van der Waals surface area (Å²) in [5.41, 5.74) is 0.941. The zero-order valence-corrected chi connectivity index (χ0v) is 20.7. The lowest BCUT2D eigenvalue weighted by atomic mass is 9.92. The second-order valence-corrected chi connectivity index (χ2v) is 9.82. The highest BCUT2D eigenvalue weighted by atomic mass is 16.5. The molecule has 184 valence electrons. The van der Waals surface area contributed by atoms with Crippen LogP contribution in [0.15, 0.2) is 48.5 Å². The van der Waals surface area contributed by atoms with Crippen LogP contribution >= 0.6 is 0 Å². The number of benzene rings is 2. The van der Waals surface area contributed by atoms with Gasteiger partial charge in [0.25, 0.3) is 5.91 Å². The van der Waals surface area contributed by atoms with E-state index in [1.165, 1.54) is 12.8 Å². The lowest BCUT2D eigenvalue weighted by molar-refractivity contribution is -0.127. The van der Waals surface area contributed by atoms with Gasteiger partial charge in [-0.15, -0.1) is 0 Å². The maximum absolute atomic E-state index is 14.1. The third kappa shape index (κ3) is 4.13. The number of anilines is 1. The van der Waals surface area contributed by atoms with Crippen LogP contribution in [0.4, 0.5) is 5.69 Å². The smallest absolute Gasteiger partial charge is 0.275 e. The Morgan fingerprint density at radius 1 is 0.971 bits per heavy atom. The maximum Gasteiger partial charge on any atom is 0.275 e. The Balaban J connectivity index is 1.63. The summed E-state index contributed by atoms with van der Waals surface area (Å²) >= 11 is 0. The standard InChI is InChI=1S/C28H33N3O4/c1-28(27(33)29-20-11-6-4-5-7-12-20)18-30-24-13-9-8-10-19(24)14-25(30)26(32)31(28)21-15-22(34-2)17-23(16-21)35-3/h8-10,13-17,20H,4-7,11-12,18H2,1-3H3,(H,29,33)/t28-/m0/s1. The van der Waals surface area contributed by atoms with E-state index >= 15 is 0 Å². The lowest BCUT2D eigenvalue weighted by Gasteiger charge is -2.44. The maximum atomic E-state index is 14.1. The number of rotatable bonds is 5. The third-order valence-electron chi connectivity index (χ3n) is 7.47. The Hall–Kier alpha value is -3.48. The molecule has 3 aromatic rings. The largest absolute Gasteiger partial charge is 0.497 e. The molecule has 2 aliphatic rings. The average Bonchev–Trinajstić information content (AvgIpc) is 3.04. The molecule has 5 rings (SSSR count). The number of carbonyl (C=O) groups excluding carboxylic acids is 2. The van der Waals surface area contributed by atoms with Crippen molar-refractivity contribution in [2.24, 2.45) is 0 Å². The molecule has 0 saturated heterocycles. The second-order valence-electron chi connectivity index (χ2n) is 9.82. The van der Waals surface area contributed by atoms with Crippen LogP contribution in [0, 0.1) is 0 Å². The molecule has 0 bridgehead atoms. The summed E-state index contributed by atoms with van der Waals surface area (Å²) in [6, 6.07) is 15.3. The first-order valence-corrected chi connectivity index (χ1v) is 12.4. The molecule has 7 heteroatoms. The Labute approximate surface area is 206 Å². The summed E-state index contributed by atoms with van der Waals surface area (Å²) in [6.07, 6.45) is 6.58. The minimum atomic E-state index is -1.14. The number of carbonyl (C=O) groups is 2. The van der Waals surface area contributed by atoms with E-state index in [-0.39, 0.29) is 17.9 Å². The number of nitrogens with zero attached hydrogens (tertiary/aromatic N) is 2. The van der Waals surface area contributed by atoms with E-state index in [0.717, 1.165) is 36.6 Å². The lowest BCUT2D eigenvalue weighted by Crippen LogP contribution is -2.65. The average molecular weight is 476 g/mol. The second kappa shape index (κ2) is 9.29. The van der Waals surface area contributed by atoms with Crippen LogP contribution < -0.4 is 19.7 Å². The van der Waals surface area contributed by atoms with Crippen molar-refractivity contribution in [3.8, 4) is 11.5 Å². The van der Waals surface area contributed by atoms with Crippen molar-refractivity contribution >= 4 is 28.4 Å². The molecule has 2 aromatic carbocycles. The van der Waals surface area contributed by atoms with Crippen LogP contribution in [0.3, 0.4) is 0 Å². The van der Waals surface area contributed by atoms with E-state index in [1.807, 2.05) is 41.8 Å². The molecule has 1 atom stereocenters. The van der Waals surface area contributed by atoms with Crippen LogP contribution in [0.2, 0.25) is 0 Å². The van der Waals surface area contributed by atoms with Gasteiger partial charge >= 0.3 is 0 Å². The van der Waals surface area contributed by atoms with Gasteiger partial charge in [0.05, 0.1) is 26.5 Å². The van der Waals surface area contributed by atoms with Crippen molar-refractivity contribution in [1.29, 1.82) is 0 Å². The molecular weight excluding hydrogens is 442 g/mol. The van der Waals surface area contributed by atoms with Crippen LogP contribution in [0.1, 0.15) is 55.9 Å². The molecule has 1 saturated carbocycles. The number of methoxy groups -OCH3 is 2.